The predicted octanol–water partition coefficient (Wildman–Crippen LogP) is 16.4. The number of hydrogen-bond acceptors (Lipinski definition) is 8. The monoisotopic (exact) mass is 970 g/mol. The minimum Gasteiger partial charge on any atom is -0.256 e. The quantitative estimate of drug-likeness (QED) is 0.125. The van der Waals surface area contributed by atoms with Gasteiger partial charge < -0.3 is 0 Å². The van der Waals surface area contributed by atoms with Gasteiger partial charge in [0, 0.05) is 56.9 Å². The Kier molecular flexibility index (Phi) is 11.0. The second-order valence-electron chi connectivity index (χ2n) is 18.7. The Morgan fingerprint density at radius 2 is 0.474 bits per heavy atom. The SMILES string of the molecule is c1ccc(-c2nc(-c3ccc(-c4ccccn4)cc3)nc(-c3cc(-c4ccccc4)c4ccc5c(-c6nc(-c7ccccc7)nc(-c7ccc(-c8ccccn8)cc7)n6)cc(-c6ccccc6)c6ccc3c4c65)n2)cc1. The Hall–Kier alpha value is -10.4. The lowest BCUT2D eigenvalue weighted by molar-refractivity contribution is 1.08. The van der Waals surface area contributed by atoms with Gasteiger partial charge in [0.1, 0.15) is 0 Å². The first-order valence-electron chi connectivity index (χ1n) is 25.2. The van der Waals surface area contributed by atoms with Crippen LogP contribution < -0.4 is 0 Å². The van der Waals surface area contributed by atoms with E-state index in [9.17, 15) is 0 Å². The third-order valence-electron chi connectivity index (χ3n) is 14.1. The van der Waals surface area contributed by atoms with Crippen molar-refractivity contribution >= 4 is 32.3 Å². The van der Waals surface area contributed by atoms with Crippen molar-refractivity contribution in [3.8, 4) is 113 Å². The Morgan fingerprint density at radius 3 is 0.803 bits per heavy atom. The van der Waals surface area contributed by atoms with Gasteiger partial charge >= 0.3 is 0 Å². The maximum Gasteiger partial charge on any atom is 0.164 e. The van der Waals surface area contributed by atoms with Crippen molar-refractivity contribution in [3.05, 3.63) is 255 Å². The zero-order chi connectivity index (χ0) is 50.4. The van der Waals surface area contributed by atoms with Gasteiger partial charge in [-0.15, -0.1) is 0 Å². The van der Waals surface area contributed by atoms with Gasteiger partial charge in [-0.2, -0.15) is 0 Å². The fourth-order valence-electron chi connectivity index (χ4n) is 10.4. The molecule has 0 aliphatic carbocycles. The van der Waals surface area contributed by atoms with Crippen molar-refractivity contribution in [2.45, 2.75) is 0 Å². The van der Waals surface area contributed by atoms with Gasteiger partial charge in [0.05, 0.1) is 11.4 Å². The summed E-state index contributed by atoms with van der Waals surface area (Å²) in [6, 6.07) is 83.5. The first-order valence-corrected chi connectivity index (χ1v) is 25.2. The van der Waals surface area contributed by atoms with Crippen molar-refractivity contribution in [1.82, 2.24) is 39.9 Å². The number of rotatable bonds is 10. The second kappa shape index (κ2) is 18.9. The maximum absolute atomic E-state index is 5.38. The number of pyridine rings is 2. The summed E-state index contributed by atoms with van der Waals surface area (Å²) in [5.74, 6) is 3.45. The van der Waals surface area contributed by atoms with E-state index >= 15 is 0 Å². The highest BCUT2D eigenvalue weighted by molar-refractivity contribution is 6.31. The molecule has 354 valence electrons. The van der Waals surface area contributed by atoms with Gasteiger partial charge in [-0.1, -0.05) is 206 Å². The highest BCUT2D eigenvalue weighted by Crippen LogP contribution is 2.48. The molecule has 14 rings (SSSR count). The van der Waals surface area contributed by atoms with Crippen LogP contribution in [0.2, 0.25) is 0 Å². The minimum atomic E-state index is 0.569. The van der Waals surface area contributed by atoms with Crippen LogP contribution in [0.15, 0.2) is 255 Å². The Bertz CT molecular complexity index is 4100. The van der Waals surface area contributed by atoms with E-state index in [1.54, 1.807) is 0 Å². The minimum absolute atomic E-state index is 0.569. The average Bonchev–Trinajstić information content (AvgIpc) is 3.65. The van der Waals surface area contributed by atoms with Crippen LogP contribution in [0.5, 0.6) is 0 Å². The van der Waals surface area contributed by atoms with Gasteiger partial charge in [-0.3, -0.25) is 9.97 Å². The fourth-order valence-corrected chi connectivity index (χ4v) is 10.4. The number of benzene rings is 10. The molecule has 0 spiro atoms. The predicted molar refractivity (Wildman–Crippen MR) is 307 cm³/mol. The zero-order valence-corrected chi connectivity index (χ0v) is 40.8. The van der Waals surface area contributed by atoms with E-state index in [0.717, 1.165) is 110 Å². The van der Waals surface area contributed by atoms with E-state index in [1.165, 1.54) is 0 Å². The van der Waals surface area contributed by atoms with Gasteiger partial charge in [0.2, 0.25) is 0 Å². The number of aromatic nitrogens is 8. The molecule has 10 aromatic carbocycles. The van der Waals surface area contributed by atoms with Crippen LogP contribution in [0.4, 0.5) is 0 Å². The molecule has 0 saturated carbocycles. The molecule has 0 aliphatic heterocycles. The molecule has 0 radical (unpaired) electrons. The molecule has 0 amide bonds. The van der Waals surface area contributed by atoms with Crippen LogP contribution in [-0.4, -0.2) is 39.9 Å². The van der Waals surface area contributed by atoms with Gasteiger partial charge in [0.15, 0.2) is 34.9 Å². The Morgan fingerprint density at radius 1 is 0.197 bits per heavy atom. The summed E-state index contributed by atoms with van der Waals surface area (Å²) >= 11 is 0. The van der Waals surface area contributed by atoms with Crippen molar-refractivity contribution in [2.24, 2.45) is 0 Å². The highest BCUT2D eigenvalue weighted by Gasteiger charge is 2.25. The summed E-state index contributed by atoms with van der Waals surface area (Å²) in [7, 11) is 0. The van der Waals surface area contributed by atoms with Crippen LogP contribution >= 0.6 is 0 Å². The molecule has 0 bridgehead atoms. The summed E-state index contributed by atoms with van der Waals surface area (Å²) in [6.07, 6.45) is 3.63. The molecule has 0 saturated heterocycles. The van der Waals surface area contributed by atoms with E-state index < -0.39 is 0 Å². The van der Waals surface area contributed by atoms with E-state index in [2.05, 4.69) is 156 Å². The van der Waals surface area contributed by atoms with Crippen molar-refractivity contribution in [1.29, 1.82) is 0 Å². The van der Waals surface area contributed by atoms with E-state index in [-0.39, 0.29) is 0 Å². The summed E-state index contributed by atoms with van der Waals surface area (Å²) < 4.78 is 0. The van der Waals surface area contributed by atoms with Gasteiger partial charge in [0.25, 0.3) is 0 Å². The maximum atomic E-state index is 5.38. The summed E-state index contributed by atoms with van der Waals surface area (Å²) in [4.78, 5) is 40.9. The third-order valence-corrected chi connectivity index (χ3v) is 14.1. The van der Waals surface area contributed by atoms with Crippen molar-refractivity contribution in [2.75, 3.05) is 0 Å². The van der Waals surface area contributed by atoms with Crippen molar-refractivity contribution in [3.63, 3.8) is 0 Å². The Labute approximate surface area is 438 Å². The molecule has 4 aromatic heterocycles. The van der Waals surface area contributed by atoms with E-state index in [0.29, 0.717) is 34.9 Å². The molecule has 0 fully saturated rings. The second-order valence-corrected chi connectivity index (χ2v) is 18.7. The largest absolute Gasteiger partial charge is 0.256 e. The topological polar surface area (TPSA) is 103 Å². The summed E-state index contributed by atoms with van der Waals surface area (Å²) in [5.41, 5.74) is 13.4. The van der Waals surface area contributed by atoms with Crippen molar-refractivity contribution < 1.29 is 0 Å². The van der Waals surface area contributed by atoms with Crippen LogP contribution in [0.3, 0.4) is 0 Å². The molecular formula is C68H42N8. The van der Waals surface area contributed by atoms with Crippen LogP contribution in [0, 0.1) is 0 Å². The molecular weight excluding hydrogens is 929 g/mol. The fraction of sp³-hybridized carbons (Fsp3) is 0. The van der Waals surface area contributed by atoms with E-state index in [4.69, 9.17) is 29.9 Å². The van der Waals surface area contributed by atoms with Gasteiger partial charge in [-0.05, 0) is 91.0 Å². The molecule has 0 atom stereocenters. The lowest BCUT2D eigenvalue weighted by Gasteiger charge is -2.21. The molecule has 76 heavy (non-hydrogen) atoms. The lowest BCUT2D eigenvalue weighted by atomic mass is 9.83. The molecule has 8 nitrogen and oxygen atoms in total. The number of nitrogens with zero attached hydrogens (tertiary/aromatic N) is 8. The molecule has 8 heteroatoms. The van der Waals surface area contributed by atoms with Crippen LogP contribution in [0.1, 0.15) is 0 Å². The smallest absolute Gasteiger partial charge is 0.164 e. The molecule has 0 N–H and O–H groups in total. The van der Waals surface area contributed by atoms with Crippen LogP contribution in [0.25, 0.3) is 145 Å². The van der Waals surface area contributed by atoms with Gasteiger partial charge in [-0.25, -0.2) is 29.9 Å². The molecule has 0 unspecified atom stereocenters. The standard InChI is InChI=1S/C68H42N8/c1-5-17-43(18-6-1)55-41-57(67-73-63(47-21-9-3-10-22-47)71-65(75-67)49-31-27-45(28-32-49)59-25-13-15-39-69-59)53-38-36-52-56(44-19-7-2-8-20-44)42-58(54-37-35-51(55)61(53)62(52)54)68-74-64(48-23-11-4-12-24-48)72-66(76-68)50-33-29-46(30-34-50)60-26-14-16-40-70-60/h1-42H. The molecule has 14 aromatic rings. The summed E-state index contributed by atoms with van der Waals surface area (Å²) in [6.45, 7) is 0. The van der Waals surface area contributed by atoms with Crippen LogP contribution in [-0.2, 0) is 0 Å². The first-order chi connectivity index (χ1) is 37.7. The molecule has 4 heterocycles. The molecule has 0 aliphatic rings. The van der Waals surface area contributed by atoms with E-state index in [1.807, 2.05) is 109 Å². The lowest BCUT2D eigenvalue weighted by Crippen LogP contribution is -2.02. The third kappa shape index (κ3) is 8.07. The average molecular weight is 971 g/mol. The summed E-state index contributed by atoms with van der Waals surface area (Å²) in [5, 5.41) is 6.43. The normalized spacial score (nSPS) is 11.4. The highest BCUT2D eigenvalue weighted by atomic mass is 15.0. The Balaban J connectivity index is 1.04. The first kappa shape index (κ1) is 44.3. The number of hydrogen-bond donors (Lipinski definition) is 0. The zero-order valence-electron chi connectivity index (χ0n) is 40.8.